The Kier molecular flexibility index (Phi) is 4.48. The SMILES string of the molecule is O=C(Nc1cnc(C(F)(F)F)cc1Cl)c1cc(Cl)ccc1O. The molecule has 9 heteroatoms. The second-order valence-corrected chi connectivity index (χ2v) is 5.01. The molecule has 0 fully saturated rings. The number of hydrogen-bond acceptors (Lipinski definition) is 3. The third kappa shape index (κ3) is 3.61. The molecular formula is C13H7Cl2F3N2O2. The van der Waals surface area contributed by atoms with Crippen LogP contribution >= 0.6 is 23.2 Å². The van der Waals surface area contributed by atoms with Crippen molar-refractivity contribution in [3.8, 4) is 5.75 Å². The van der Waals surface area contributed by atoms with E-state index in [9.17, 15) is 23.1 Å². The number of benzene rings is 1. The predicted octanol–water partition coefficient (Wildman–Crippen LogP) is 4.37. The summed E-state index contributed by atoms with van der Waals surface area (Å²) in [6.07, 6.45) is -3.86. The lowest BCUT2D eigenvalue weighted by molar-refractivity contribution is -0.141. The van der Waals surface area contributed by atoms with Gasteiger partial charge in [0.2, 0.25) is 0 Å². The molecule has 4 nitrogen and oxygen atoms in total. The highest BCUT2D eigenvalue weighted by Gasteiger charge is 2.33. The fraction of sp³-hybridized carbons (Fsp3) is 0.0769. The lowest BCUT2D eigenvalue weighted by Gasteiger charge is -2.11. The van der Waals surface area contributed by atoms with Gasteiger partial charge in [0.05, 0.1) is 22.5 Å². The zero-order valence-electron chi connectivity index (χ0n) is 10.6. The minimum atomic E-state index is -4.64. The van der Waals surface area contributed by atoms with Crippen molar-refractivity contribution in [2.24, 2.45) is 0 Å². The average Bonchev–Trinajstić information content (AvgIpc) is 2.42. The van der Waals surface area contributed by atoms with E-state index in [0.717, 1.165) is 6.20 Å². The number of aromatic hydroxyl groups is 1. The third-order valence-electron chi connectivity index (χ3n) is 2.60. The predicted molar refractivity (Wildman–Crippen MR) is 75.3 cm³/mol. The maximum atomic E-state index is 12.5. The summed E-state index contributed by atoms with van der Waals surface area (Å²) in [5.41, 5.74) is -1.45. The monoisotopic (exact) mass is 350 g/mol. The van der Waals surface area contributed by atoms with Crippen LogP contribution in [0, 0.1) is 0 Å². The molecule has 0 unspecified atom stereocenters. The third-order valence-corrected chi connectivity index (χ3v) is 3.14. The highest BCUT2D eigenvalue weighted by molar-refractivity contribution is 6.34. The molecule has 1 amide bonds. The molecule has 0 saturated carbocycles. The van der Waals surface area contributed by atoms with Crippen LogP contribution in [0.25, 0.3) is 0 Å². The minimum Gasteiger partial charge on any atom is -0.507 e. The molecule has 1 aromatic carbocycles. The van der Waals surface area contributed by atoms with Crippen molar-refractivity contribution in [3.63, 3.8) is 0 Å². The second kappa shape index (κ2) is 6.02. The van der Waals surface area contributed by atoms with E-state index in [4.69, 9.17) is 23.2 Å². The molecule has 0 saturated heterocycles. The number of anilines is 1. The zero-order valence-corrected chi connectivity index (χ0v) is 12.1. The Hall–Kier alpha value is -1.99. The molecule has 2 rings (SSSR count). The number of nitrogens with zero attached hydrogens (tertiary/aromatic N) is 1. The molecule has 0 bridgehead atoms. The lowest BCUT2D eigenvalue weighted by atomic mass is 10.2. The van der Waals surface area contributed by atoms with Gasteiger partial charge in [-0.3, -0.25) is 4.79 Å². The number of phenolic OH excluding ortho intramolecular Hbond substituents is 1. The Bertz CT molecular complexity index is 736. The van der Waals surface area contributed by atoms with E-state index in [0.29, 0.717) is 6.07 Å². The average molecular weight is 351 g/mol. The van der Waals surface area contributed by atoms with Gasteiger partial charge in [0.25, 0.3) is 5.91 Å². The number of aromatic nitrogens is 1. The molecule has 1 heterocycles. The van der Waals surface area contributed by atoms with Gasteiger partial charge in [0.15, 0.2) is 0 Å². The van der Waals surface area contributed by atoms with Crippen molar-refractivity contribution in [3.05, 3.63) is 51.8 Å². The van der Waals surface area contributed by atoms with E-state index in [1.807, 2.05) is 0 Å². The fourth-order valence-electron chi connectivity index (χ4n) is 1.56. The molecule has 0 spiro atoms. The smallest absolute Gasteiger partial charge is 0.433 e. The first-order valence-corrected chi connectivity index (χ1v) is 6.46. The summed E-state index contributed by atoms with van der Waals surface area (Å²) in [6, 6.07) is 4.39. The van der Waals surface area contributed by atoms with Gasteiger partial charge in [-0.25, -0.2) is 4.98 Å². The molecular weight excluding hydrogens is 344 g/mol. The Morgan fingerprint density at radius 2 is 1.91 bits per heavy atom. The van der Waals surface area contributed by atoms with Crippen LogP contribution in [0.3, 0.4) is 0 Å². The van der Waals surface area contributed by atoms with Crippen LogP contribution in [-0.2, 0) is 6.18 Å². The van der Waals surface area contributed by atoms with Crippen molar-refractivity contribution >= 4 is 34.8 Å². The van der Waals surface area contributed by atoms with E-state index in [-0.39, 0.29) is 27.0 Å². The van der Waals surface area contributed by atoms with Crippen LogP contribution in [0.2, 0.25) is 10.0 Å². The largest absolute Gasteiger partial charge is 0.507 e. The van der Waals surface area contributed by atoms with Crippen molar-refractivity contribution in [2.45, 2.75) is 6.18 Å². The Labute approximate surface area is 132 Å². The van der Waals surface area contributed by atoms with Gasteiger partial charge in [0, 0.05) is 5.02 Å². The first-order valence-electron chi connectivity index (χ1n) is 5.71. The van der Waals surface area contributed by atoms with Crippen LogP contribution < -0.4 is 5.32 Å². The molecule has 0 aliphatic carbocycles. The summed E-state index contributed by atoms with van der Waals surface area (Å²) in [4.78, 5) is 15.2. The van der Waals surface area contributed by atoms with E-state index < -0.39 is 17.8 Å². The Balaban J connectivity index is 2.27. The van der Waals surface area contributed by atoms with Crippen LogP contribution in [0.4, 0.5) is 18.9 Å². The summed E-state index contributed by atoms with van der Waals surface area (Å²) in [6.45, 7) is 0. The second-order valence-electron chi connectivity index (χ2n) is 4.16. The standard InChI is InChI=1S/C13H7Cl2F3N2O2/c14-6-1-2-10(21)7(3-6)12(22)20-9-5-19-11(4-8(9)15)13(16,17)18/h1-5,21H,(H,20,22). The fourth-order valence-corrected chi connectivity index (χ4v) is 1.93. The van der Waals surface area contributed by atoms with Gasteiger partial charge in [0.1, 0.15) is 11.4 Å². The number of phenols is 1. The first kappa shape index (κ1) is 16.4. The first-order chi connectivity index (χ1) is 10.2. The number of nitrogens with one attached hydrogen (secondary N) is 1. The number of hydrogen-bond donors (Lipinski definition) is 2. The number of pyridine rings is 1. The topological polar surface area (TPSA) is 62.2 Å². The van der Waals surface area contributed by atoms with Gasteiger partial charge >= 0.3 is 6.18 Å². The summed E-state index contributed by atoms with van der Waals surface area (Å²) in [7, 11) is 0. The van der Waals surface area contributed by atoms with E-state index in [1.165, 1.54) is 18.2 Å². The molecule has 0 aliphatic rings. The maximum absolute atomic E-state index is 12.5. The normalized spacial score (nSPS) is 11.3. The van der Waals surface area contributed by atoms with Crippen molar-refractivity contribution < 1.29 is 23.1 Å². The quantitative estimate of drug-likeness (QED) is 0.845. The molecule has 2 N–H and O–H groups in total. The maximum Gasteiger partial charge on any atom is 0.433 e. The molecule has 22 heavy (non-hydrogen) atoms. The van der Waals surface area contributed by atoms with Crippen molar-refractivity contribution in [1.82, 2.24) is 4.98 Å². The molecule has 0 aliphatic heterocycles. The van der Waals surface area contributed by atoms with Crippen molar-refractivity contribution in [2.75, 3.05) is 5.32 Å². The van der Waals surface area contributed by atoms with Gasteiger partial charge in [-0.1, -0.05) is 23.2 Å². The highest BCUT2D eigenvalue weighted by atomic mass is 35.5. The molecule has 1 aromatic heterocycles. The number of amides is 1. The Morgan fingerprint density at radius 1 is 1.23 bits per heavy atom. The summed E-state index contributed by atoms with van der Waals surface area (Å²) < 4.78 is 37.4. The van der Waals surface area contributed by atoms with Gasteiger partial charge in [-0.05, 0) is 24.3 Å². The number of carbonyl (C=O) groups is 1. The van der Waals surface area contributed by atoms with Crippen LogP contribution in [0.15, 0.2) is 30.5 Å². The molecule has 116 valence electrons. The van der Waals surface area contributed by atoms with Crippen LogP contribution in [0.1, 0.15) is 16.1 Å². The number of halogens is 5. The van der Waals surface area contributed by atoms with E-state index >= 15 is 0 Å². The molecule has 0 atom stereocenters. The van der Waals surface area contributed by atoms with Crippen LogP contribution in [0.5, 0.6) is 5.75 Å². The summed E-state index contributed by atoms with van der Waals surface area (Å²) in [5, 5.41) is 11.7. The van der Waals surface area contributed by atoms with Gasteiger partial charge < -0.3 is 10.4 Å². The van der Waals surface area contributed by atoms with E-state index in [2.05, 4.69) is 10.3 Å². The van der Waals surface area contributed by atoms with Gasteiger partial charge in [-0.15, -0.1) is 0 Å². The highest BCUT2D eigenvalue weighted by Crippen LogP contribution is 2.32. The van der Waals surface area contributed by atoms with Crippen LogP contribution in [-0.4, -0.2) is 16.0 Å². The minimum absolute atomic E-state index is 0.126. The van der Waals surface area contributed by atoms with Crippen molar-refractivity contribution in [1.29, 1.82) is 0 Å². The number of rotatable bonds is 2. The summed E-state index contributed by atoms with van der Waals surface area (Å²) >= 11 is 11.4. The lowest BCUT2D eigenvalue weighted by Crippen LogP contribution is -2.14. The molecule has 2 aromatic rings. The van der Waals surface area contributed by atoms with E-state index in [1.54, 1.807) is 0 Å². The number of carbonyl (C=O) groups excluding carboxylic acids is 1. The van der Waals surface area contributed by atoms with Gasteiger partial charge in [-0.2, -0.15) is 13.2 Å². The Morgan fingerprint density at radius 3 is 2.50 bits per heavy atom. The number of alkyl halides is 3. The zero-order chi connectivity index (χ0) is 16.5. The summed E-state index contributed by atoms with van der Waals surface area (Å²) in [5.74, 6) is -1.12. The molecule has 0 radical (unpaired) electrons.